The first-order valence-corrected chi connectivity index (χ1v) is 8.35. The smallest absolute Gasteiger partial charge is 0.422 e. The van der Waals surface area contributed by atoms with Gasteiger partial charge in [0.1, 0.15) is 5.75 Å². The van der Waals surface area contributed by atoms with E-state index in [-0.39, 0.29) is 17.0 Å². The Morgan fingerprint density at radius 2 is 1.75 bits per heavy atom. The van der Waals surface area contributed by atoms with E-state index < -0.39 is 29.5 Å². The molecule has 2 aromatic carbocycles. The van der Waals surface area contributed by atoms with Gasteiger partial charge < -0.3 is 10.1 Å². The average Bonchev–Trinajstić information content (AvgIpc) is 2.53. The maximum Gasteiger partial charge on any atom is 0.422 e. The lowest BCUT2D eigenvalue weighted by molar-refractivity contribution is -0.153. The third-order valence-corrected chi connectivity index (χ3v) is 3.91. The van der Waals surface area contributed by atoms with Crippen LogP contribution in [0.3, 0.4) is 0 Å². The number of benzene rings is 2. The summed E-state index contributed by atoms with van der Waals surface area (Å²) in [6.45, 7) is -1.45. The molecule has 2 rings (SSSR count). The molecule has 0 aliphatic rings. The van der Waals surface area contributed by atoms with Gasteiger partial charge in [0.05, 0.1) is 5.69 Å². The topological polar surface area (TPSA) is 55.4 Å². The van der Waals surface area contributed by atoms with Gasteiger partial charge in [-0.1, -0.05) is 12.1 Å². The number of carbonyl (C=O) groups is 1. The van der Waals surface area contributed by atoms with Crippen molar-refractivity contribution in [1.82, 2.24) is 0 Å². The number of para-hydroxylation sites is 2. The van der Waals surface area contributed by atoms with Crippen LogP contribution in [0.4, 0.5) is 18.9 Å². The van der Waals surface area contributed by atoms with E-state index in [2.05, 4.69) is 5.32 Å². The van der Waals surface area contributed by atoms with E-state index in [9.17, 15) is 22.2 Å². The van der Waals surface area contributed by atoms with Crippen LogP contribution in [0.15, 0.2) is 53.4 Å². The van der Waals surface area contributed by atoms with Crippen molar-refractivity contribution in [3.63, 3.8) is 0 Å². The van der Waals surface area contributed by atoms with E-state index in [1.165, 1.54) is 36.6 Å². The molecule has 1 atom stereocenters. The molecule has 8 heteroatoms. The van der Waals surface area contributed by atoms with Gasteiger partial charge in [0.2, 0.25) is 0 Å². The minimum atomic E-state index is -4.47. The molecule has 0 radical (unpaired) electrons. The molecular weight excluding hydrogens is 343 g/mol. The quantitative estimate of drug-likeness (QED) is 0.889. The standard InChI is InChI=1S/C16H14F3NO3S/c1-24(22)12-8-6-11(7-9-12)15(21)20-13-4-2-3-5-14(13)23-10-16(17,18)19/h2-9H,10H2,1H3,(H,20,21). The predicted octanol–water partition coefficient (Wildman–Crippen LogP) is 3.62. The van der Waals surface area contributed by atoms with Crippen molar-refractivity contribution in [2.24, 2.45) is 0 Å². The normalized spacial score (nSPS) is 12.5. The fourth-order valence-electron chi connectivity index (χ4n) is 1.85. The summed E-state index contributed by atoms with van der Waals surface area (Å²) < 4.78 is 52.8. The van der Waals surface area contributed by atoms with Crippen LogP contribution in [0.2, 0.25) is 0 Å². The van der Waals surface area contributed by atoms with Crippen molar-refractivity contribution < 1.29 is 26.9 Å². The van der Waals surface area contributed by atoms with Crippen LogP contribution in [0, 0.1) is 0 Å². The Morgan fingerprint density at radius 3 is 2.33 bits per heavy atom. The fourth-order valence-corrected chi connectivity index (χ4v) is 2.37. The number of nitrogens with one attached hydrogen (secondary N) is 1. The lowest BCUT2D eigenvalue weighted by Crippen LogP contribution is -2.20. The number of anilines is 1. The Bertz CT molecular complexity index is 745. The molecule has 0 saturated heterocycles. The van der Waals surface area contributed by atoms with E-state index in [0.717, 1.165) is 0 Å². The number of hydrogen-bond acceptors (Lipinski definition) is 3. The second-order valence-corrected chi connectivity index (χ2v) is 6.21. The molecule has 0 heterocycles. The van der Waals surface area contributed by atoms with Crippen LogP contribution in [-0.2, 0) is 10.8 Å². The summed E-state index contributed by atoms with van der Waals surface area (Å²) in [4.78, 5) is 12.8. The predicted molar refractivity (Wildman–Crippen MR) is 84.7 cm³/mol. The highest BCUT2D eigenvalue weighted by molar-refractivity contribution is 7.84. The van der Waals surface area contributed by atoms with E-state index in [1.54, 1.807) is 18.2 Å². The summed E-state index contributed by atoms with van der Waals surface area (Å²) >= 11 is 0. The first-order chi connectivity index (χ1) is 11.3. The minimum Gasteiger partial charge on any atom is -0.482 e. The molecular formula is C16H14F3NO3S. The van der Waals surface area contributed by atoms with Crippen molar-refractivity contribution in [1.29, 1.82) is 0 Å². The molecule has 1 amide bonds. The number of carbonyl (C=O) groups excluding carboxylic acids is 1. The van der Waals surface area contributed by atoms with Crippen LogP contribution in [0.25, 0.3) is 0 Å². The van der Waals surface area contributed by atoms with Gasteiger partial charge in [0, 0.05) is 27.5 Å². The number of hydrogen-bond donors (Lipinski definition) is 1. The van der Waals surface area contributed by atoms with Crippen molar-refractivity contribution >= 4 is 22.4 Å². The molecule has 1 N–H and O–H groups in total. The molecule has 0 bridgehead atoms. The maximum atomic E-state index is 12.3. The van der Waals surface area contributed by atoms with Crippen molar-refractivity contribution in [3.05, 3.63) is 54.1 Å². The van der Waals surface area contributed by atoms with Crippen molar-refractivity contribution in [2.45, 2.75) is 11.1 Å². The molecule has 0 aliphatic carbocycles. The van der Waals surface area contributed by atoms with Crippen LogP contribution >= 0.6 is 0 Å². The number of halogens is 3. The maximum absolute atomic E-state index is 12.3. The Labute approximate surface area is 139 Å². The highest BCUT2D eigenvalue weighted by Gasteiger charge is 2.28. The third-order valence-electron chi connectivity index (χ3n) is 2.98. The Hall–Kier alpha value is -2.35. The number of ether oxygens (including phenoxy) is 1. The van der Waals surface area contributed by atoms with Crippen LogP contribution in [-0.4, -0.2) is 29.2 Å². The van der Waals surface area contributed by atoms with Crippen LogP contribution in [0.5, 0.6) is 5.75 Å². The lowest BCUT2D eigenvalue weighted by Gasteiger charge is -2.13. The molecule has 1 unspecified atom stereocenters. The second kappa shape index (κ2) is 7.48. The molecule has 0 spiro atoms. The molecule has 2 aromatic rings. The number of alkyl halides is 3. The van der Waals surface area contributed by atoms with E-state index in [1.807, 2.05) is 0 Å². The van der Waals surface area contributed by atoms with Crippen LogP contribution in [0.1, 0.15) is 10.4 Å². The molecule has 0 aliphatic heterocycles. The lowest BCUT2D eigenvalue weighted by atomic mass is 10.2. The molecule has 4 nitrogen and oxygen atoms in total. The van der Waals surface area contributed by atoms with E-state index in [0.29, 0.717) is 4.90 Å². The second-order valence-electron chi connectivity index (χ2n) is 4.83. The molecule has 0 fully saturated rings. The van der Waals surface area contributed by atoms with Gasteiger partial charge in [-0.15, -0.1) is 0 Å². The van der Waals surface area contributed by atoms with Gasteiger partial charge in [-0.25, -0.2) is 0 Å². The zero-order valence-corrected chi connectivity index (χ0v) is 13.4. The zero-order valence-electron chi connectivity index (χ0n) is 12.6. The zero-order chi connectivity index (χ0) is 17.7. The molecule has 0 aromatic heterocycles. The van der Waals surface area contributed by atoms with Crippen molar-refractivity contribution in [2.75, 3.05) is 18.2 Å². The fraction of sp³-hybridized carbons (Fsp3) is 0.188. The molecule has 0 saturated carbocycles. The van der Waals surface area contributed by atoms with Crippen LogP contribution < -0.4 is 10.1 Å². The Morgan fingerprint density at radius 1 is 1.12 bits per heavy atom. The van der Waals surface area contributed by atoms with Gasteiger partial charge in [-0.2, -0.15) is 13.2 Å². The average molecular weight is 357 g/mol. The first-order valence-electron chi connectivity index (χ1n) is 6.80. The van der Waals surface area contributed by atoms with E-state index in [4.69, 9.17) is 4.74 Å². The molecule has 128 valence electrons. The third kappa shape index (κ3) is 5.09. The SMILES string of the molecule is CS(=O)c1ccc(C(=O)Nc2ccccc2OCC(F)(F)F)cc1. The van der Waals surface area contributed by atoms with Gasteiger partial charge in [-0.05, 0) is 36.4 Å². The summed E-state index contributed by atoms with van der Waals surface area (Å²) in [5.74, 6) is -0.582. The number of rotatable bonds is 5. The van der Waals surface area contributed by atoms with Gasteiger partial charge in [0.15, 0.2) is 6.61 Å². The van der Waals surface area contributed by atoms with Gasteiger partial charge >= 0.3 is 6.18 Å². The summed E-state index contributed by atoms with van der Waals surface area (Å²) in [6.07, 6.45) is -2.95. The first kappa shape index (κ1) is 18.0. The summed E-state index contributed by atoms with van der Waals surface area (Å²) in [5.41, 5.74) is 0.421. The highest BCUT2D eigenvalue weighted by Crippen LogP contribution is 2.26. The number of amides is 1. The van der Waals surface area contributed by atoms with Crippen molar-refractivity contribution in [3.8, 4) is 5.75 Å². The largest absolute Gasteiger partial charge is 0.482 e. The summed E-state index contributed by atoms with van der Waals surface area (Å²) in [5, 5.41) is 2.50. The highest BCUT2D eigenvalue weighted by atomic mass is 32.2. The van der Waals surface area contributed by atoms with Gasteiger partial charge in [0.25, 0.3) is 5.91 Å². The Balaban J connectivity index is 2.12. The summed E-state index contributed by atoms with van der Waals surface area (Å²) in [7, 11) is -1.16. The summed E-state index contributed by atoms with van der Waals surface area (Å²) in [6, 6.07) is 11.9. The van der Waals surface area contributed by atoms with Gasteiger partial charge in [-0.3, -0.25) is 9.00 Å². The molecule has 24 heavy (non-hydrogen) atoms. The monoisotopic (exact) mass is 357 g/mol. The van der Waals surface area contributed by atoms with E-state index >= 15 is 0 Å². The minimum absolute atomic E-state index is 0.0746. The Kier molecular flexibility index (Phi) is 5.61.